The minimum atomic E-state index is 0.220. The van der Waals surface area contributed by atoms with Crippen LogP contribution in [0.1, 0.15) is 0 Å². The Labute approximate surface area is 81.6 Å². The van der Waals surface area contributed by atoms with E-state index in [0.717, 1.165) is 5.75 Å². The van der Waals surface area contributed by atoms with E-state index in [9.17, 15) is 0 Å². The first kappa shape index (κ1) is 9.43. The van der Waals surface area contributed by atoms with Crippen LogP contribution in [-0.4, -0.2) is 6.61 Å². The van der Waals surface area contributed by atoms with Crippen LogP contribution >= 0.6 is 23.2 Å². The van der Waals surface area contributed by atoms with Crippen LogP contribution in [0.25, 0.3) is 0 Å². The molecule has 0 aliphatic rings. The molecule has 0 unspecified atom stereocenters. The van der Waals surface area contributed by atoms with Crippen LogP contribution in [0.4, 0.5) is 0 Å². The molecule has 0 amide bonds. The largest absolute Gasteiger partial charge is 0.489 e. The molecule has 0 bridgehead atoms. The highest BCUT2D eigenvalue weighted by Crippen LogP contribution is 2.10. The van der Waals surface area contributed by atoms with Crippen molar-refractivity contribution in [3.8, 4) is 5.75 Å². The number of hydrogen-bond donors (Lipinski definition) is 0. The molecule has 0 N–H and O–H groups in total. The first-order valence-electron chi connectivity index (χ1n) is 3.39. The summed E-state index contributed by atoms with van der Waals surface area (Å²) < 4.78 is 5.47. The number of ether oxygens (including phenoxy) is 1. The molecule has 0 atom stereocenters. The SMILES string of the molecule is ClC(Cl)=CCOc1cc[c]cc1. The zero-order valence-electron chi connectivity index (χ0n) is 6.26. The van der Waals surface area contributed by atoms with Crippen molar-refractivity contribution in [1.29, 1.82) is 0 Å². The second-order valence-corrected chi connectivity index (χ2v) is 3.05. The predicted octanol–water partition coefficient (Wildman–Crippen LogP) is 3.18. The Kier molecular flexibility index (Phi) is 3.98. The molecular formula is C9H7Cl2O. The molecule has 1 radical (unpaired) electrons. The zero-order chi connectivity index (χ0) is 8.81. The fraction of sp³-hybridized carbons (Fsp3) is 0.111. The van der Waals surface area contributed by atoms with Gasteiger partial charge in [0.1, 0.15) is 16.8 Å². The molecule has 0 heterocycles. The van der Waals surface area contributed by atoms with Crippen molar-refractivity contribution in [3.63, 3.8) is 0 Å². The van der Waals surface area contributed by atoms with Crippen LogP contribution in [0.15, 0.2) is 34.8 Å². The second-order valence-electron chi connectivity index (χ2n) is 2.04. The Morgan fingerprint density at radius 1 is 1.42 bits per heavy atom. The van der Waals surface area contributed by atoms with Crippen LogP contribution in [0.5, 0.6) is 5.75 Å². The van der Waals surface area contributed by atoms with Crippen LogP contribution in [0.3, 0.4) is 0 Å². The molecule has 0 aliphatic heterocycles. The number of rotatable bonds is 3. The predicted molar refractivity (Wildman–Crippen MR) is 50.6 cm³/mol. The van der Waals surface area contributed by atoms with E-state index in [2.05, 4.69) is 6.07 Å². The zero-order valence-corrected chi connectivity index (χ0v) is 7.77. The van der Waals surface area contributed by atoms with Crippen molar-refractivity contribution in [2.45, 2.75) is 0 Å². The van der Waals surface area contributed by atoms with Gasteiger partial charge in [-0.25, -0.2) is 0 Å². The van der Waals surface area contributed by atoms with Crippen molar-refractivity contribution in [1.82, 2.24) is 0 Å². The molecule has 1 rings (SSSR count). The van der Waals surface area contributed by atoms with Crippen molar-refractivity contribution < 1.29 is 4.74 Å². The van der Waals surface area contributed by atoms with Crippen molar-refractivity contribution in [2.24, 2.45) is 0 Å². The first-order chi connectivity index (χ1) is 5.79. The third-order valence-corrected chi connectivity index (χ3v) is 1.48. The Morgan fingerprint density at radius 3 is 2.67 bits per heavy atom. The normalized spacial score (nSPS) is 9.17. The molecule has 1 aromatic rings. The van der Waals surface area contributed by atoms with E-state index in [-0.39, 0.29) is 4.49 Å². The third kappa shape index (κ3) is 3.65. The summed E-state index contributed by atoms with van der Waals surface area (Å²) in [6, 6.07) is 10.1. The van der Waals surface area contributed by atoms with Gasteiger partial charge < -0.3 is 4.74 Å². The maximum absolute atomic E-state index is 5.38. The highest BCUT2D eigenvalue weighted by Gasteiger charge is 1.88. The maximum atomic E-state index is 5.38. The lowest BCUT2D eigenvalue weighted by Crippen LogP contribution is -1.92. The molecule has 1 aromatic carbocycles. The maximum Gasteiger partial charge on any atom is 0.119 e. The standard InChI is InChI=1S/C9H7Cl2O/c10-9(11)6-7-12-8-4-2-1-3-5-8/h2-6H,7H2. The molecular weight excluding hydrogens is 195 g/mol. The Morgan fingerprint density at radius 2 is 2.08 bits per heavy atom. The summed E-state index contributed by atoms with van der Waals surface area (Å²) >= 11 is 10.8. The highest BCUT2D eigenvalue weighted by atomic mass is 35.5. The Hall–Kier alpha value is -0.660. The third-order valence-electron chi connectivity index (χ3n) is 1.18. The fourth-order valence-corrected chi connectivity index (χ4v) is 0.795. The molecule has 3 heteroatoms. The topological polar surface area (TPSA) is 9.23 Å². The molecule has 1 nitrogen and oxygen atoms in total. The van der Waals surface area contributed by atoms with E-state index in [1.165, 1.54) is 0 Å². The summed E-state index contributed by atoms with van der Waals surface area (Å²) in [5, 5.41) is 0. The van der Waals surface area contributed by atoms with E-state index in [0.29, 0.717) is 6.61 Å². The van der Waals surface area contributed by atoms with Gasteiger partial charge in [-0.1, -0.05) is 35.3 Å². The number of hydrogen-bond acceptors (Lipinski definition) is 1. The second kappa shape index (κ2) is 5.07. The molecule has 0 spiro atoms. The van der Waals surface area contributed by atoms with Gasteiger partial charge in [0.25, 0.3) is 0 Å². The Balaban J connectivity index is 2.39. The lowest BCUT2D eigenvalue weighted by Gasteiger charge is -2.00. The van der Waals surface area contributed by atoms with Gasteiger partial charge >= 0.3 is 0 Å². The van der Waals surface area contributed by atoms with Crippen molar-refractivity contribution in [2.75, 3.05) is 6.61 Å². The van der Waals surface area contributed by atoms with Gasteiger partial charge in [0.15, 0.2) is 0 Å². The summed E-state index contributed by atoms with van der Waals surface area (Å²) in [4.78, 5) is 0. The average molecular weight is 202 g/mol. The van der Waals surface area contributed by atoms with Gasteiger partial charge in [-0.3, -0.25) is 0 Å². The molecule has 0 aromatic heterocycles. The molecule has 0 aliphatic carbocycles. The van der Waals surface area contributed by atoms with Gasteiger partial charge in [0.05, 0.1) is 0 Å². The summed E-state index contributed by atoms with van der Waals surface area (Å²) in [5.41, 5.74) is 0. The van der Waals surface area contributed by atoms with Crippen LogP contribution < -0.4 is 4.74 Å². The number of halogens is 2. The average Bonchev–Trinajstić information content (AvgIpc) is 2.05. The molecule has 63 valence electrons. The van der Waals surface area contributed by atoms with Crippen molar-refractivity contribution in [3.05, 3.63) is 40.9 Å². The molecule has 0 fully saturated rings. The van der Waals surface area contributed by atoms with Gasteiger partial charge in [0.2, 0.25) is 0 Å². The van der Waals surface area contributed by atoms with E-state index >= 15 is 0 Å². The van der Waals surface area contributed by atoms with E-state index in [4.69, 9.17) is 27.9 Å². The summed E-state index contributed by atoms with van der Waals surface area (Å²) in [6.45, 7) is 0.381. The fourth-order valence-electron chi connectivity index (χ4n) is 0.669. The van der Waals surface area contributed by atoms with Crippen LogP contribution in [0, 0.1) is 6.07 Å². The summed E-state index contributed by atoms with van der Waals surface area (Å²) in [5.74, 6) is 0.777. The van der Waals surface area contributed by atoms with Gasteiger partial charge in [-0.05, 0) is 24.3 Å². The van der Waals surface area contributed by atoms with E-state index < -0.39 is 0 Å². The van der Waals surface area contributed by atoms with E-state index in [1.54, 1.807) is 18.2 Å². The smallest absolute Gasteiger partial charge is 0.119 e. The monoisotopic (exact) mass is 201 g/mol. The number of benzene rings is 1. The molecule has 12 heavy (non-hydrogen) atoms. The lowest BCUT2D eigenvalue weighted by molar-refractivity contribution is 0.363. The van der Waals surface area contributed by atoms with Gasteiger partial charge in [-0.2, -0.15) is 0 Å². The minimum Gasteiger partial charge on any atom is -0.489 e. The Bertz CT molecular complexity index is 252. The quantitative estimate of drug-likeness (QED) is 0.731. The summed E-state index contributed by atoms with van der Waals surface area (Å²) in [7, 11) is 0. The van der Waals surface area contributed by atoms with Crippen molar-refractivity contribution >= 4 is 23.2 Å². The van der Waals surface area contributed by atoms with Crippen LogP contribution in [0.2, 0.25) is 0 Å². The summed E-state index contributed by atoms with van der Waals surface area (Å²) in [6.07, 6.45) is 1.58. The highest BCUT2D eigenvalue weighted by molar-refractivity contribution is 6.55. The molecule has 0 saturated heterocycles. The lowest BCUT2D eigenvalue weighted by atomic mass is 10.3. The van der Waals surface area contributed by atoms with E-state index in [1.807, 2.05) is 12.1 Å². The van der Waals surface area contributed by atoms with Gasteiger partial charge in [0, 0.05) is 0 Å². The van der Waals surface area contributed by atoms with Crippen LogP contribution in [-0.2, 0) is 0 Å². The molecule has 0 saturated carbocycles. The van der Waals surface area contributed by atoms with Gasteiger partial charge in [-0.15, -0.1) is 0 Å². The first-order valence-corrected chi connectivity index (χ1v) is 4.14. The minimum absolute atomic E-state index is 0.220.